The van der Waals surface area contributed by atoms with Crippen molar-refractivity contribution in [2.75, 3.05) is 26.8 Å². The number of likely N-dealkylation sites (N-methyl/N-ethyl adjacent to an activating group) is 1. The van der Waals surface area contributed by atoms with E-state index in [1.165, 1.54) is 12.1 Å². The molecule has 1 fully saturated rings. The molecule has 3 rings (SSSR count). The number of benzene rings is 2. The molecule has 0 radical (unpaired) electrons. The van der Waals surface area contributed by atoms with Crippen molar-refractivity contribution in [2.45, 2.75) is 24.6 Å². The average Bonchev–Trinajstić information content (AvgIpc) is 2.66. The normalized spacial score (nSPS) is 21.9. The molecule has 1 aliphatic heterocycles. The van der Waals surface area contributed by atoms with Crippen molar-refractivity contribution in [1.82, 2.24) is 4.90 Å². The fourth-order valence-electron chi connectivity index (χ4n) is 3.29. The monoisotopic (exact) mass is 417 g/mol. The molecular weight excluding hydrogens is 397 g/mol. The summed E-state index contributed by atoms with van der Waals surface area (Å²) in [4.78, 5) is 1.89. The van der Waals surface area contributed by atoms with Crippen LogP contribution in [0.4, 0.5) is 22.0 Å². The van der Waals surface area contributed by atoms with Gasteiger partial charge in [0.2, 0.25) is 0 Å². The molecule has 0 aliphatic carbocycles. The highest BCUT2D eigenvalue weighted by molar-refractivity contribution is 5.29. The number of hydrogen-bond donors (Lipinski definition) is 1. The third-order valence-corrected chi connectivity index (χ3v) is 4.75. The first kappa shape index (κ1) is 21.6. The second-order valence-corrected chi connectivity index (χ2v) is 6.79. The first-order chi connectivity index (χ1) is 13.7. The van der Waals surface area contributed by atoms with Crippen molar-refractivity contribution < 1.29 is 36.5 Å². The van der Waals surface area contributed by atoms with Crippen LogP contribution in [0.25, 0.3) is 0 Å². The molecule has 1 N–H and O–H groups in total. The van der Waals surface area contributed by atoms with Crippen LogP contribution in [-0.2, 0) is 15.7 Å². The Balaban J connectivity index is 1.88. The van der Waals surface area contributed by atoms with E-state index in [0.29, 0.717) is 18.2 Å². The maximum atomic E-state index is 13.8. The Morgan fingerprint density at radius 1 is 1.14 bits per heavy atom. The molecule has 0 unspecified atom stereocenters. The minimum absolute atomic E-state index is 0.158. The third-order valence-electron chi connectivity index (χ3n) is 4.75. The molecule has 3 atom stereocenters. The van der Waals surface area contributed by atoms with E-state index >= 15 is 0 Å². The van der Waals surface area contributed by atoms with E-state index in [9.17, 15) is 27.1 Å². The lowest BCUT2D eigenvalue weighted by molar-refractivity contribution is -0.233. The first-order valence-electron chi connectivity index (χ1n) is 8.90. The third kappa shape index (κ3) is 5.11. The molecule has 1 heterocycles. The summed E-state index contributed by atoms with van der Waals surface area (Å²) in [6.45, 7) is 0.151. The maximum absolute atomic E-state index is 13.8. The highest BCUT2D eigenvalue weighted by Gasteiger charge is 2.36. The predicted octanol–water partition coefficient (Wildman–Crippen LogP) is 4.06. The smallest absolute Gasteiger partial charge is 0.393 e. The van der Waals surface area contributed by atoms with Crippen LogP contribution in [0, 0.1) is 11.6 Å². The Kier molecular flexibility index (Phi) is 6.52. The van der Waals surface area contributed by atoms with E-state index in [1.807, 2.05) is 4.90 Å². The molecule has 0 spiro atoms. The number of nitrogens with zero attached hydrogens (tertiary/aromatic N) is 1. The molecule has 0 amide bonds. The molecule has 2 aromatic carbocycles. The van der Waals surface area contributed by atoms with Gasteiger partial charge in [-0.15, -0.1) is 0 Å². The lowest BCUT2D eigenvalue weighted by Crippen LogP contribution is -2.45. The molecular formula is C20H20F5NO3. The van der Waals surface area contributed by atoms with E-state index in [1.54, 1.807) is 19.2 Å². The summed E-state index contributed by atoms with van der Waals surface area (Å²) >= 11 is 0. The molecule has 2 aromatic rings. The van der Waals surface area contributed by atoms with Crippen LogP contribution in [0.2, 0.25) is 0 Å². The molecule has 1 saturated heterocycles. The zero-order valence-corrected chi connectivity index (χ0v) is 15.5. The molecule has 4 nitrogen and oxygen atoms in total. The standard InChI is InChI=1S/C20H20F5NO3/c1-26-6-7-28-19(18(26)12-2-4-15(21)5-3-12)29-17(11-27)13-8-14(20(23,24)25)10-16(22)9-13/h2-5,8-10,17-19,27H,6-7,11H2,1H3/t17-,18+,19-/m1/s1. The van der Waals surface area contributed by atoms with Gasteiger partial charge in [0.05, 0.1) is 24.8 Å². The van der Waals surface area contributed by atoms with E-state index in [0.717, 1.165) is 12.1 Å². The first-order valence-corrected chi connectivity index (χ1v) is 8.90. The average molecular weight is 417 g/mol. The number of aliphatic hydroxyl groups excluding tert-OH is 1. The highest BCUT2D eigenvalue weighted by Crippen LogP contribution is 2.35. The van der Waals surface area contributed by atoms with Crippen molar-refractivity contribution in [3.8, 4) is 0 Å². The van der Waals surface area contributed by atoms with Crippen molar-refractivity contribution in [3.63, 3.8) is 0 Å². The van der Waals surface area contributed by atoms with Crippen molar-refractivity contribution in [3.05, 3.63) is 70.8 Å². The zero-order chi connectivity index (χ0) is 21.2. The SMILES string of the molecule is CN1CCO[C@H](O[C@H](CO)c2cc(F)cc(C(F)(F)F)c2)[C@@H]1c1ccc(F)cc1. The number of ether oxygens (including phenoxy) is 2. The quantitative estimate of drug-likeness (QED) is 0.745. The van der Waals surface area contributed by atoms with Gasteiger partial charge in [-0.3, -0.25) is 4.90 Å². The van der Waals surface area contributed by atoms with E-state index < -0.39 is 48.4 Å². The Hall–Kier alpha value is -2.07. The van der Waals surface area contributed by atoms with Crippen LogP contribution in [0.5, 0.6) is 0 Å². The van der Waals surface area contributed by atoms with Gasteiger partial charge in [-0.25, -0.2) is 8.78 Å². The fourth-order valence-corrected chi connectivity index (χ4v) is 3.29. The number of hydrogen-bond acceptors (Lipinski definition) is 4. The number of rotatable bonds is 5. The fraction of sp³-hybridized carbons (Fsp3) is 0.400. The van der Waals surface area contributed by atoms with Crippen molar-refractivity contribution >= 4 is 0 Å². The van der Waals surface area contributed by atoms with E-state index in [2.05, 4.69) is 0 Å². The lowest BCUT2D eigenvalue weighted by atomic mass is 10.0. The van der Waals surface area contributed by atoms with Gasteiger partial charge in [-0.1, -0.05) is 12.1 Å². The van der Waals surface area contributed by atoms with Gasteiger partial charge in [0.1, 0.15) is 17.7 Å². The molecule has 9 heteroatoms. The topological polar surface area (TPSA) is 41.9 Å². The summed E-state index contributed by atoms with van der Waals surface area (Å²) in [5.74, 6) is -1.51. The number of alkyl halides is 3. The predicted molar refractivity (Wildman–Crippen MR) is 93.8 cm³/mol. The summed E-state index contributed by atoms with van der Waals surface area (Å²) < 4.78 is 77.5. The molecule has 158 valence electrons. The maximum Gasteiger partial charge on any atom is 0.416 e. The largest absolute Gasteiger partial charge is 0.416 e. The summed E-state index contributed by atoms with van der Waals surface area (Å²) in [5.41, 5.74) is -0.661. The number of halogens is 5. The van der Waals surface area contributed by atoms with Gasteiger partial charge in [0, 0.05) is 6.54 Å². The Labute approximate surface area is 164 Å². The Bertz CT molecular complexity index is 828. The minimum atomic E-state index is -4.74. The zero-order valence-electron chi connectivity index (χ0n) is 15.5. The molecule has 29 heavy (non-hydrogen) atoms. The minimum Gasteiger partial charge on any atom is -0.393 e. The molecule has 0 bridgehead atoms. The summed E-state index contributed by atoms with van der Waals surface area (Å²) in [6.07, 6.45) is -6.95. The van der Waals surface area contributed by atoms with Crippen LogP contribution in [-0.4, -0.2) is 43.1 Å². The van der Waals surface area contributed by atoms with Gasteiger partial charge in [-0.2, -0.15) is 13.2 Å². The lowest BCUT2D eigenvalue weighted by Gasteiger charge is -2.40. The summed E-state index contributed by atoms with van der Waals surface area (Å²) in [5, 5.41) is 9.71. The Morgan fingerprint density at radius 3 is 2.45 bits per heavy atom. The number of aliphatic hydroxyl groups is 1. The summed E-state index contributed by atoms with van der Waals surface area (Å²) in [6, 6.07) is 7.18. The van der Waals surface area contributed by atoms with Gasteiger partial charge in [-0.05, 0) is 48.5 Å². The van der Waals surface area contributed by atoms with Gasteiger partial charge < -0.3 is 14.6 Å². The summed E-state index contributed by atoms with van der Waals surface area (Å²) in [7, 11) is 1.80. The van der Waals surface area contributed by atoms with Gasteiger partial charge >= 0.3 is 6.18 Å². The molecule has 0 aromatic heterocycles. The highest BCUT2D eigenvalue weighted by atomic mass is 19.4. The molecule has 0 saturated carbocycles. The van der Waals surface area contributed by atoms with Crippen LogP contribution < -0.4 is 0 Å². The van der Waals surface area contributed by atoms with Crippen LogP contribution in [0.3, 0.4) is 0 Å². The van der Waals surface area contributed by atoms with Gasteiger partial charge in [0.15, 0.2) is 6.29 Å². The van der Waals surface area contributed by atoms with Gasteiger partial charge in [0.25, 0.3) is 0 Å². The second kappa shape index (κ2) is 8.74. The Morgan fingerprint density at radius 2 is 1.83 bits per heavy atom. The van der Waals surface area contributed by atoms with E-state index in [-0.39, 0.29) is 12.2 Å². The molecule has 1 aliphatic rings. The van der Waals surface area contributed by atoms with Crippen LogP contribution in [0.1, 0.15) is 28.8 Å². The van der Waals surface area contributed by atoms with Crippen molar-refractivity contribution in [2.24, 2.45) is 0 Å². The number of morpholine rings is 1. The van der Waals surface area contributed by atoms with E-state index in [4.69, 9.17) is 9.47 Å². The van der Waals surface area contributed by atoms with Crippen LogP contribution >= 0.6 is 0 Å². The second-order valence-electron chi connectivity index (χ2n) is 6.79. The van der Waals surface area contributed by atoms with Crippen LogP contribution in [0.15, 0.2) is 42.5 Å². The van der Waals surface area contributed by atoms with Crippen molar-refractivity contribution in [1.29, 1.82) is 0 Å².